The van der Waals surface area contributed by atoms with Crippen molar-refractivity contribution in [1.29, 1.82) is 0 Å². The van der Waals surface area contributed by atoms with Crippen molar-refractivity contribution in [3.63, 3.8) is 0 Å². The lowest BCUT2D eigenvalue weighted by Crippen LogP contribution is -2.47. The number of hydrogen-bond acceptors (Lipinski definition) is 8. The zero-order chi connectivity index (χ0) is 37.6. The Labute approximate surface area is 301 Å². The number of ketones is 1. The third-order valence-electron chi connectivity index (χ3n) is 10.1. The van der Waals surface area contributed by atoms with Crippen LogP contribution < -0.4 is 10.7 Å². The molecule has 1 N–H and O–H groups in total. The smallest absolute Gasteiger partial charge is 0.329 e. The summed E-state index contributed by atoms with van der Waals surface area (Å²) < 4.78 is 19.1. The van der Waals surface area contributed by atoms with Gasteiger partial charge in [-0.1, -0.05) is 97.5 Å². The van der Waals surface area contributed by atoms with Gasteiger partial charge in [-0.15, -0.1) is 0 Å². The highest BCUT2D eigenvalue weighted by molar-refractivity contribution is 6.88. The number of rotatable bonds is 5. The van der Waals surface area contributed by atoms with E-state index in [2.05, 4.69) is 63.8 Å². The maximum atomic E-state index is 14.2. The molecule has 3 heterocycles. The van der Waals surface area contributed by atoms with Crippen LogP contribution in [0.15, 0.2) is 40.4 Å². The van der Waals surface area contributed by atoms with Gasteiger partial charge in [0.25, 0.3) is 5.91 Å². The van der Waals surface area contributed by atoms with Crippen LogP contribution >= 0.6 is 0 Å². The molecule has 2 bridgehead atoms. The Hall–Kier alpha value is -3.10. The van der Waals surface area contributed by atoms with Crippen LogP contribution in [0.1, 0.15) is 90.5 Å². The van der Waals surface area contributed by atoms with E-state index < -0.39 is 40.6 Å². The summed E-state index contributed by atoms with van der Waals surface area (Å²) in [6.45, 7) is 25.6. The predicted molar refractivity (Wildman–Crippen MR) is 202 cm³/mol. The maximum Gasteiger partial charge on any atom is 0.329 e. The van der Waals surface area contributed by atoms with E-state index in [1.165, 1.54) is 6.08 Å². The van der Waals surface area contributed by atoms with Gasteiger partial charge in [0.2, 0.25) is 11.8 Å². The minimum atomic E-state index is -2.26. The summed E-state index contributed by atoms with van der Waals surface area (Å²) in [4.78, 5) is 60.5. The van der Waals surface area contributed by atoms with Gasteiger partial charge in [-0.2, -0.15) is 0 Å². The molecule has 0 unspecified atom stereocenters. The van der Waals surface area contributed by atoms with E-state index in [1.54, 1.807) is 11.0 Å². The highest BCUT2D eigenvalue weighted by Crippen LogP contribution is 2.38. The van der Waals surface area contributed by atoms with Gasteiger partial charge in [0, 0.05) is 25.4 Å². The Balaban J connectivity index is 2.07. The first-order valence-electron chi connectivity index (χ1n) is 18.2. The summed E-state index contributed by atoms with van der Waals surface area (Å²) in [5, 5.41) is 3.33. The third kappa shape index (κ3) is 11.0. The third-order valence-corrected chi connectivity index (χ3v) is 16.3. The average molecular weight is 728 g/mol. The lowest BCUT2D eigenvalue weighted by molar-refractivity contribution is -0.158. The normalized spacial score (nSPS) is 27.1. The van der Waals surface area contributed by atoms with E-state index in [1.807, 2.05) is 45.9 Å². The van der Waals surface area contributed by atoms with Crippen LogP contribution in [-0.2, 0) is 30.0 Å². The van der Waals surface area contributed by atoms with E-state index in [0.29, 0.717) is 31.3 Å². The molecule has 1 aromatic rings. The molecule has 0 aromatic carbocycles. The van der Waals surface area contributed by atoms with E-state index in [0.717, 1.165) is 12.0 Å². The Morgan fingerprint density at radius 1 is 1.10 bits per heavy atom. The highest BCUT2D eigenvalue weighted by Gasteiger charge is 2.42. The van der Waals surface area contributed by atoms with Gasteiger partial charge in [-0.3, -0.25) is 14.4 Å². The molecule has 0 aliphatic carbocycles. The first-order valence-corrected chi connectivity index (χ1v) is 24.6. The number of aromatic nitrogens is 1. The quantitative estimate of drug-likeness (QED) is 0.269. The van der Waals surface area contributed by atoms with Crippen molar-refractivity contribution in [2.75, 3.05) is 13.1 Å². The molecule has 1 fully saturated rings. The summed E-state index contributed by atoms with van der Waals surface area (Å²) in [6.07, 6.45) is 9.98. The van der Waals surface area contributed by atoms with Gasteiger partial charge >= 0.3 is 5.97 Å². The van der Waals surface area contributed by atoms with Crippen LogP contribution in [-0.4, -0.2) is 81.2 Å². The van der Waals surface area contributed by atoms with Crippen molar-refractivity contribution < 1.29 is 32.8 Å². The number of fused-ring (bicyclic) bond motifs is 3. The van der Waals surface area contributed by atoms with Gasteiger partial charge in [-0.25, -0.2) is 9.78 Å². The number of Topliss-reactive ketones (excluding diaryl/α,β-unsaturated/α-hetero) is 1. The minimum Gasteiger partial charge on any atom is -0.460 e. The van der Waals surface area contributed by atoms with Crippen LogP contribution in [0.3, 0.4) is 0 Å². The molecular weight excluding hydrogens is 667 g/mol. The molecule has 10 nitrogen and oxygen atoms in total. The summed E-state index contributed by atoms with van der Waals surface area (Å²) in [7, 11) is -4.50. The van der Waals surface area contributed by atoms with Gasteiger partial charge < -0.3 is 23.8 Å². The van der Waals surface area contributed by atoms with Crippen molar-refractivity contribution in [3.8, 4) is 0 Å². The number of ether oxygens (including phenoxy) is 1. The van der Waals surface area contributed by atoms with Crippen LogP contribution in [0.25, 0.3) is 0 Å². The number of amides is 2. The van der Waals surface area contributed by atoms with Gasteiger partial charge in [0.1, 0.15) is 31.4 Å². The molecule has 5 atom stereocenters. The second-order valence-electron chi connectivity index (χ2n) is 16.6. The van der Waals surface area contributed by atoms with Crippen LogP contribution in [0.5, 0.6) is 0 Å². The SMILES string of the molecule is CC[C@@H](C)[C@H]1OC(=O)[C@H]2CCCN2C(=O)c2nc(oc2[Si](C)(C)C)CC(=O)C[C@H](O[Si](C)(C)C(C)(C)C)/C=C(C)/C=C/CNC(=O)/C=C/[C@H]1C. The molecule has 0 spiro atoms. The zero-order valence-electron chi connectivity index (χ0n) is 32.5. The van der Waals surface area contributed by atoms with Crippen molar-refractivity contribution in [3.05, 3.63) is 47.5 Å². The number of carbonyl (C=O) groups excluding carboxylic acids is 4. The lowest BCUT2D eigenvalue weighted by Gasteiger charge is -2.38. The summed E-state index contributed by atoms with van der Waals surface area (Å²) in [6, 6.07) is -0.763. The monoisotopic (exact) mass is 727 g/mol. The summed E-state index contributed by atoms with van der Waals surface area (Å²) in [5.41, 5.74) is 1.09. The zero-order valence-corrected chi connectivity index (χ0v) is 34.5. The highest BCUT2D eigenvalue weighted by atomic mass is 28.4. The van der Waals surface area contributed by atoms with Crippen LogP contribution in [0.4, 0.5) is 0 Å². The second-order valence-corrected chi connectivity index (χ2v) is 26.3. The fourth-order valence-corrected chi connectivity index (χ4v) is 8.55. The molecule has 278 valence electrons. The van der Waals surface area contributed by atoms with Crippen LogP contribution in [0, 0.1) is 11.8 Å². The van der Waals surface area contributed by atoms with Gasteiger partial charge in [0.05, 0.1) is 12.5 Å². The number of nitrogens with zero attached hydrogens (tertiary/aromatic N) is 2. The Kier molecular flexibility index (Phi) is 14.0. The number of esters is 1. The molecule has 1 aromatic heterocycles. The molecular formula is C38H61N3O7Si2. The topological polar surface area (TPSA) is 128 Å². The minimum absolute atomic E-state index is 0.0259. The Morgan fingerprint density at radius 2 is 1.78 bits per heavy atom. The van der Waals surface area contributed by atoms with E-state index in [-0.39, 0.29) is 58.9 Å². The van der Waals surface area contributed by atoms with Crippen molar-refractivity contribution in [2.24, 2.45) is 11.8 Å². The predicted octanol–water partition coefficient (Wildman–Crippen LogP) is 6.50. The second kappa shape index (κ2) is 16.9. The first kappa shape index (κ1) is 41.3. The van der Waals surface area contributed by atoms with E-state index >= 15 is 0 Å². The molecule has 2 aliphatic heterocycles. The average Bonchev–Trinajstić information content (AvgIpc) is 3.67. The number of hydrogen-bond donors (Lipinski definition) is 1. The fourth-order valence-electron chi connectivity index (χ4n) is 5.99. The van der Waals surface area contributed by atoms with Crippen LogP contribution in [0.2, 0.25) is 37.8 Å². The van der Waals surface area contributed by atoms with Crippen molar-refractivity contribution >= 4 is 45.3 Å². The number of nitrogens with one attached hydrogen (secondary N) is 1. The van der Waals surface area contributed by atoms with E-state index in [4.69, 9.17) is 13.6 Å². The number of cyclic esters (lactones) is 1. The number of allylic oxidation sites excluding steroid dienone is 2. The fraction of sp³-hybridized carbons (Fsp3) is 0.658. The summed E-state index contributed by atoms with van der Waals surface area (Å²) in [5.74, 6) is -1.22. The number of oxazole rings is 1. The Bertz CT molecular complexity index is 1480. The molecule has 1 saturated heterocycles. The van der Waals surface area contributed by atoms with Crippen molar-refractivity contribution in [2.45, 2.75) is 137 Å². The lowest BCUT2D eigenvalue weighted by atomic mass is 9.91. The standard InChI is InChI=1S/C38H61N3O7Si2/c1-13-26(3)34-27(4)18-19-31(43)39-20-14-16-25(2)22-29(48-50(11,12)38(5,6)7)23-28(42)24-32-40-33(37(46-32)49(8,9)10)35(44)41-21-15-17-30(41)36(45)47-34/h14,16,18-19,22,26-27,29-30,34H,13,15,17,20-21,23-24H2,1-12H3,(H,39,43)/b16-14+,19-18+,25-22+/t26-,27-,29-,30-,34-/m1/s1. The van der Waals surface area contributed by atoms with Crippen molar-refractivity contribution in [1.82, 2.24) is 15.2 Å². The molecule has 2 aliphatic rings. The number of carbonyl (C=O) groups is 4. The first-order chi connectivity index (χ1) is 23.1. The molecule has 3 rings (SSSR count). The summed E-state index contributed by atoms with van der Waals surface area (Å²) >= 11 is 0. The van der Waals surface area contributed by atoms with Gasteiger partial charge in [-0.05, 0) is 49.9 Å². The Morgan fingerprint density at radius 3 is 2.40 bits per heavy atom. The molecule has 50 heavy (non-hydrogen) atoms. The van der Waals surface area contributed by atoms with E-state index in [9.17, 15) is 19.2 Å². The van der Waals surface area contributed by atoms with Gasteiger partial charge in [0.15, 0.2) is 14.0 Å². The molecule has 0 saturated carbocycles. The largest absolute Gasteiger partial charge is 0.460 e. The maximum absolute atomic E-state index is 14.2. The molecule has 12 heteroatoms. The molecule has 2 amide bonds. The molecule has 0 radical (unpaired) electrons.